The van der Waals surface area contributed by atoms with Crippen LogP contribution in [0.25, 0.3) is 6.08 Å². The zero-order chi connectivity index (χ0) is 10.8. The van der Waals surface area contributed by atoms with Gasteiger partial charge in [0, 0.05) is 0 Å². The van der Waals surface area contributed by atoms with Gasteiger partial charge in [-0.25, -0.2) is 4.79 Å². The maximum atomic E-state index is 10.8. The lowest BCUT2D eigenvalue weighted by atomic mass is 10.1. The Morgan fingerprint density at radius 1 is 1.53 bits per heavy atom. The Balaban J connectivity index is 2.51. The van der Waals surface area contributed by atoms with Gasteiger partial charge >= 0.3 is 5.97 Å². The third-order valence-corrected chi connectivity index (χ3v) is 2.22. The van der Waals surface area contributed by atoms with E-state index < -0.39 is 5.97 Å². The van der Waals surface area contributed by atoms with Gasteiger partial charge < -0.3 is 14.6 Å². The van der Waals surface area contributed by atoms with Crippen molar-refractivity contribution in [1.29, 1.82) is 0 Å². The van der Waals surface area contributed by atoms with Crippen LogP contribution in [0.1, 0.15) is 5.56 Å². The molecule has 4 nitrogen and oxygen atoms in total. The fourth-order valence-electron chi connectivity index (χ4n) is 1.46. The first kappa shape index (κ1) is 9.58. The lowest BCUT2D eigenvalue weighted by molar-refractivity contribution is -0.132. The topological polar surface area (TPSA) is 55.8 Å². The Morgan fingerprint density at radius 2 is 2.33 bits per heavy atom. The van der Waals surface area contributed by atoms with Crippen LogP contribution in [0.3, 0.4) is 0 Å². The number of carbonyl (C=O) groups is 1. The molecule has 0 fully saturated rings. The molecule has 15 heavy (non-hydrogen) atoms. The molecule has 78 valence electrons. The van der Waals surface area contributed by atoms with Crippen molar-refractivity contribution in [2.45, 2.75) is 0 Å². The van der Waals surface area contributed by atoms with Crippen LogP contribution in [0.15, 0.2) is 23.8 Å². The first-order valence-corrected chi connectivity index (χ1v) is 4.46. The largest absolute Gasteiger partial charge is 0.496 e. The second-order valence-corrected chi connectivity index (χ2v) is 3.14. The van der Waals surface area contributed by atoms with Gasteiger partial charge in [-0.1, -0.05) is 6.07 Å². The molecule has 0 spiro atoms. The summed E-state index contributed by atoms with van der Waals surface area (Å²) in [5.41, 5.74) is 0.913. The van der Waals surface area contributed by atoms with Gasteiger partial charge in [0.05, 0.1) is 18.2 Å². The Bertz CT molecular complexity index is 434. The summed E-state index contributed by atoms with van der Waals surface area (Å²) in [7, 11) is 1.54. The highest BCUT2D eigenvalue weighted by Gasteiger charge is 2.18. The van der Waals surface area contributed by atoms with E-state index in [2.05, 4.69) is 0 Å². The van der Waals surface area contributed by atoms with E-state index in [1.807, 2.05) is 0 Å². The number of carboxylic acids is 1. The number of aliphatic carboxylic acids is 1. The van der Waals surface area contributed by atoms with Crippen LogP contribution in [0, 0.1) is 0 Å². The molecule has 0 bridgehead atoms. The van der Waals surface area contributed by atoms with Crippen molar-refractivity contribution < 1.29 is 19.4 Å². The zero-order valence-electron chi connectivity index (χ0n) is 8.19. The number of benzene rings is 1. The van der Waals surface area contributed by atoms with Crippen molar-refractivity contribution >= 4 is 12.0 Å². The van der Waals surface area contributed by atoms with Crippen molar-refractivity contribution in [3.05, 3.63) is 29.3 Å². The SMILES string of the molecule is COc1cccc2c1C=C(C(=O)O)CO2. The third-order valence-electron chi connectivity index (χ3n) is 2.22. The van der Waals surface area contributed by atoms with Crippen LogP contribution < -0.4 is 9.47 Å². The van der Waals surface area contributed by atoms with Crippen LogP contribution in [0.4, 0.5) is 0 Å². The van der Waals surface area contributed by atoms with Crippen molar-refractivity contribution in [2.75, 3.05) is 13.7 Å². The number of hydrogen-bond donors (Lipinski definition) is 1. The molecule has 1 aliphatic heterocycles. The molecule has 0 atom stereocenters. The average molecular weight is 206 g/mol. The van der Waals surface area contributed by atoms with E-state index in [9.17, 15) is 4.79 Å². The fraction of sp³-hybridized carbons (Fsp3) is 0.182. The predicted octanol–water partition coefficient (Wildman–Crippen LogP) is 1.56. The van der Waals surface area contributed by atoms with Gasteiger partial charge in [-0.05, 0) is 18.2 Å². The molecule has 0 aromatic heterocycles. The molecule has 1 aliphatic rings. The summed E-state index contributed by atoms with van der Waals surface area (Å²) in [4.78, 5) is 10.8. The van der Waals surface area contributed by atoms with E-state index in [-0.39, 0.29) is 12.2 Å². The van der Waals surface area contributed by atoms with Crippen LogP contribution >= 0.6 is 0 Å². The number of carboxylic acid groups (broad SMARTS) is 1. The smallest absolute Gasteiger partial charge is 0.335 e. The van der Waals surface area contributed by atoms with Gasteiger partial charge in [0.1, 0.15) is 18.1 Å². The standard InChI is InChI=1S/C11H10O4/c1-14-9-3-2-4-10-8(9)5-7(6-15-10)11(12)13/h2-5H,6H2,1H3,(H,12,13). The number of methoxy groups -OCH3 is 1. The van der Waals surface area contributed by atoms with E-state index >= 15 is 0 Å². The number of ether oxygens (including phenoxy) is 2. The molecule has 0 saturated carbocycles. The van der Waals surface area contributed by atoms with Gasteiger partial charge in [0.15, 0.2) is 0 Å². The molecule has 0 aliphatic carbocycles. The van der Waals surface area contributed by atoms with Crippen LogP contribution in [0.5, 0.6) is 11.5 Å². The second kappa shape index (κ2) is 3.65. The molecular weight excluding hydrogens is 196 g/mol. The minimum atomic E-state index is -0.966. The highest BCUT2D eigenvalue weighted by molar-refractivity contribution is 5.94. The Labute approximate surface area is 86.7 Å². The second-order valence-electron chi connectivity index (χ2n) is 3.14. The molecule has 4 heteroatoms. The Morgan fingerprint density at radius 3 is 3.00 bits per heavy atom. The molecule has 0 amide bonds. The summed E-state index contributed by atoms with van der Waals surface area (Å²) in [6, 6.07) is 5.35. The Kier molecular flexibility index (Phi) is 2.33. The Hall–Kier alpha value is -1.97. The summed E-state index contributed by atoms with van der Waals surface area (Å²) < 4.78 is 10.4. The zero-order valence-corrected chi connectivity index (χ0v) is 8.19. The minimum Gasteiger partial charge on any atom is -0.496 e. The van der Waals surface area contributed by atoms with E-state index in [1.165, 1.54) is 0 Å². The first-order chi connectivity index (χ1) is 7.22. The highest BCUT2D eigenvalue weighted by Crippen LogP contribution is 2.33. The molecule has 1 N–H and O–H groups in total. The molecular formula is C11H10O4. The number of fused-ring (bicyclic) bond motifs is 1. The third kappa shape index (κ3) is 1.66. The van der Waals surface area contributed by atoms with Gasteiger partial charge in [0.2, 0.25) is 0 Å². The predicted molar refractivity (Wildman–Crippen MR) is 54.1 cm³/mol. The quantitative estimate of drug-likeness (QED) is 0.797. The molecule has 0 radical (unpaired) electrons. The van der Waals surface area contributed by atoms with Crippen LogP contribution in [-0.4, -0.2) is 24.8 Å². The molecule has 2 rings (SSSR count). The van der Waals surface area contributed by atoms with Crippen LogP contribution in [-0.2, 0) is 4.79 Å². The summed E-state index contributed by atoms with van der Waals surface area (Å²) in [6.45, 7) is 0.0928. The average Bonchev–Trinajstić information content (AvgIpc) is 2.27. The summed E-state index contributed by atoms with van der Waals surface area (Å²) >= 11 is 0. The fourth-order valence-corrected chi connectivity index (χ4v) is 1.46. The van der Waals surface area contributed by atoms with E-state index in [0.29, 0.717) is 17.1 Å². The molecule has 1 heterocycles. The van der Waals surface area contributed by atoms with Crippen molar-refractivity contribution in [1.82, 2.24) is 0 Å². The van der Waals surface area contributed by atoms with E-state index in [4.69, 9.17) is 14.6 Å². The molecule has 1 aromatic rings. The van der Waals surface area contributed by atoms with Crippen LogP contribution in [0.2, 0.25) is 0 Å². The van der Waals surface area contributed by atoms with Crippen molar-refractivity contribution in [3.63, 3.8) is 0 Å². The minimum absolute atomic E-state index is 0.0928. The van der Waals surface area contributed by atoms with Gasteiger partial charge in [0.25, 0.3) is 0 Å². The summed E-state index contributed by atoms with van der Waals surface area (Å²) in [5.74, 6) is 0.303. The number of hydrogen-bond acceptors (Lipinski definition) is 3. The monoisotopic (exact) mass is 206 g/mol. The number of rotatable bonds is 2. The highest BCUT2D eigenvalue weighted by atomic mass is 16.5. The lowest BCUT2D eigenvalue weighted by Crippen LogP contribution is -2.14. The molecule has 0 saturated heterocycles. The summed E-state index contributed by atoms with van der Waals surface area (Å²) in [6.07, 6.45) is 1.58. The van der Waals surface area contributed by atoms with Crippen molar-refractivity contribution in [3.8, 4) is 11.5 Å². The first-order valence-electron chi connectivity index (χ1n) is 4.46. The van der Waals surface area contributed by atoms with E-state index in [0.717, 1.165) is 0 Å². The normalized spacial score (nSPS) is 13.5. The van der Waals surface area contributed by atoms with Gasteiger partial charge in [-0.2, -0.15) is 0 Å². The molecule has 1 aromatic carbocycles. The van der Waals surface area contributed by atoms with Gasteiger partial charge in [-0.3, -0.25) is 0 Å². The summed E-state index contributed by atoms with van der Waals surface area (Å²) in [5, 5.41) is 8.84. The molecule has 0 unspecified atom stereocenters. The lowest BCUT2D eigenvalue weighted by Gasteiger charge is -2.17. The van der Waals surface area contributed by atoms with E-state index in [1.54, 1.807) is 31.4 Å². The maximum absolute atomic E-state index is 10.8. The maximum Gasteiger partial charge on any atom is 0.335 e. The van der Waals surface area contributed by atoms with Crippen molar-refractivity contribution in [2.24, 2.45) is 0 Å². The van der Waals surface area contributed by atoms with Gasteiger partial charge in [-0.15, -0.1) is 0 Å².